The van der Waals surface area contributed by atoms with Crippen molar-refractivity contribution in [2.45, 2.75) is 26.7 Å². The SMILES string of the molecule is CCNCCCN(C)S(=O)(=O)NCCc1nc(C)cs1. The van der Waals surface area contributed by atoms with Gasteiger partial charge in [-0.25, -0.2) is 9.71 Å². The molecule has 0 radical (unpaired) electrons. The molecule has 0 aliphatic carbocycles. The van der Waals surface area contributed by atoms with Gasteiger partial charge in [0, 0.05) is 37.6 Å². The summed E-state index contributed by atoms with van der Waals surface area (Å²) in [7, 11) is -1.78. The number of nitrogens with zero attached hydrogens (tertiary/aromatic N) is 2. The average molecular weight is 320 g/mol. The summed E-state index contributed by atoms with van der Waals surface area (Å²) in [5, 5.41) is 6.10. The molecule has 0 bridgehead atoms. The fraction of sp³-hybridized carbons (Fsp3) is 0.750. The van der Waals surface area contributed by atoms with Gasteiger partial charge >= 0.3 is 0 Å². The maximum absolute atomic E-state index is 12.0. The molecule has 1 rings (SSSR count). The van der Waals surface area contributed by atoms with Crippen molar-refractivity contribution in [3.8, 4) is 0 Å². The van der Waals surface area contributed by atoms with E-state index in [9.17, 15) is 8.42 Å². The van der Waals surface area contributed by atoms with Gasteiger partial charge in [0.25, 0.3) is 10.2 Å². The van der Waals surface area contributed by atoms with E-state index in [0.29, 0.717) is 19.5 Å². The van der Waals surface area contributed by atoms with E-state index in [0.717, 1.165) is 30.2 Å². The lowest BCUT2D eigenvalue weighted by Gasteiger charge is -2.17. The third kappa shape index (κ3) is 6.27. The third-order valence-electron chi connectivity index (χ3n) is 2.78. The molecule has 0 saturated heterocycles. The molecule has 0 aliphatic heterocycles. The summed E-state index contributed by atoms with van der Waals surface area (Å²) in [6.45, 7) is 6.59. The van der Waals surface area contributed by atoms with Gasteiger partial charge in [0.2, 0.25) is 0 Å². The Balaban J connectivity index is 2.29. The first-order valence-corrected chi connectivity index (χ1v) is 9.10. The fourth-order valence-corrected chi connectivity index (χ4v) is 3.36. The lowest BCUT2D eigenvalue weighted by molar-refractivity contribution is 0.446. The first-order chi connectivity index (χ1) is 9.45. The summed E-state index contributed by atoms with van der Waals surface area (Å²) in [6.07, 6.45) is 1.43. The Morgan fingerprint density at radius 3 is 2.75 bits per heavy atom. The highest BCUT2D eigenvalue weighted by Gasteiger charge is 2.16. The van der Waals surface area contributed by atoms with Crippen molar-refractivity contribution in [2.24, 2.45) is 0 Å². The molecule has 8 heteroatoms. The molecule has 0 atom stereocenters. The van der Waals surface area contributed by atoms with Gasteiger partial charge in [-0.1, -0.05) is 6.92 Å². The summed E-state index contributed by atoms with van der Waals surface area (Å²) in [5.41, 5.74) is 0.980. The molecule has 20 heavy (non-hydrogen) atoms. The quantitative estimate of drug-likeness (QED) is 0.624. The fourth-order valence-electron chi connectivity index (χ4n) is 1.64. The number of thiazole rings is 1. The Kier molecular flexibility index (Phi) is 7.60. The zero-order valence-corrected chi connectivity index (χ0v) is 14.0. The molecule has 2 N–H and O–H groups in total. The number of rotatable bonds is 10. The molecule has 0 aliphatic rings. The largest absolute Gasteiger partial charge is 0.317 e. The van der Waals surface area contributed by atoms with Gasteiger partial charge in [-0.3, -0.25) is 0 Å². The van der Waals surface area contributed by atoms with E-state index in [2.05, 4.69) is 15.0 Å². The molecule has 6 nitrogen and oxygen atoms in total. The minimum atomic E-state index is -3.38. The third-order valence-corrected chi connectivity index (χ3v) is 5.38. The highest BCUT2D eigenvalue weighted by molar-refractivity contribution is 7.87. The number of aryl methyl sites for hydroxylation is 1. The molecule has 1 aromatic heterocycles. The van der Waals surface area contributed by atoms with Crippen LogP contribution in [-0.4, -0.2) is 50.9 Å². The second kappa shape index (κ2) is 8.68. The first-order valence-electron chi connectivity index (χ1n) is 6.78. The van der Waals surface area contributed by atoms with Crippen molar-refractivity contribution < 1.29 is 8.42 Å². The van der Waals surface area contributed by atoms with Crippen LogP contribution in [0.4, 0.5) is 0 Å². The molecule has 0 amide bonds. The minimum Gasteiger partial charge on any atom is -0.317 e. The normalized spacial score (nSPS) is 12.2. The molecule has 0 unspecified atom stereocenters. The standard InChI is InChI=1S/C12H24N4O2S2/c1-4-13-7-5-9-16(3)20(17,18)14-8-6-12-15-11(2)10-19-12/h10,13-14H,4-9H2,1-3H3. The van der Waals surface area contributed by atoms with Crippen molar-refractivity contribution in [1.29, 1.82) is 0 Å². The molecule has 116 valence electrons. The van der Waals surface area contributed by atoms with Crippen LogP contribution < -0.4 is 10.0 Å². The lowest BCUT2D eigenvalue weighted by Crippen LogP contribution is -2.40. The maximum atomic E-state index is 12.0. The van der Waals surface area contributed by atoms with E-state index in [1.807, 2.05) is 19.2 Å². The highest BCUT2D eigenvalue weighted by Crippen LogP contribution is 2.08. The Bertz CT molecular complexity index is 487. The summed E-state index contributed by atoms with van der Waals surface area (Å²) in [6, 6.07) is 0. The summed E-state index contributed by atoms with van der Waals surface area (Å²) in [5.74, 6) is 0. The topological polar surface area (TPSA) is 74.3 Å². The van der Waals surface area contributed by atoms with E-state index in [1.165, 1.54) is 4.31 Å². The zero-order valence-electron chi connectivity index (χ0n) is 12.3. The molecule has 0 saturated carbocycles. The number of aromatic nitrogens is 1. The van der Waals surface area contributed by atoms with E-state index >= 15 is 0 Å². The molecule has 0 spiro atoms. The maximum Gasteiger partial charge on any atom is 0.279 e. The number of hydrogen-bond acceptors (Lipinski definition) is 5. The molecule has 1 aromatic rings. The van der Waals surface area contributed by atoms with E-state index in [1.54, 1.807) is 18.4 Å². The van der Waals surface area contributed by atoms with Crippen molar-refractivity contribution in [3.63, 3.8) is 0 Å². The van der Waals surface area contributed by atoms with Crippen LogP contribution >= 0.6 is 11.3 Å². The van der Waals surface area contributed by atoms with Crippen molar-refractivity contribution >= 4 is 21.5 Å². The van der Waals surface area contributed by atoms with Gasteiger partial charge < -0.3 is 5.32 Å². The summed E-state index contributed by atoms with van der Waals surface area (Å²) < 4.78 is 27.9. The first kappa shape index (κ1) is 17.5. The van der Waals surface area contributed by atoms with Crippen LogP contribution in [0.25, 0.3) is 0 Å². The van der Waals surface area contributed by atoms with Crippen molar-refractivity contribution in [2.75, 3.05) is 33.2 Å². The molecule has 0 fully saturated rings. The van der Waals surface area contributed by atoms with Crippen LogP contribution in [-0.2, 0) is 16.6 Å². The van der Waals surface area contributed by atoms with Crippen LogP contribution in [0.2, 0.25) is 0 Å². The van der Waals surface area contributed by atoms with Crippen LogP contribution in [0.1, 0.15) is 24.0 Å². The summed E-state index contributed by atoms with van der Waals surface area (Å²) >= 11 is 1.56. The number of hydrogen-bond donors (Lipinski definition) is 2. The van der Waals surface area contributed by atoms with Gasteiger partial charge in [0.05, 0.1) is 5.01 Å². The number of nitrogens with one attached hydrogen (secondary N) is 2. The Hall–Kier alpha value is -0.540. The van der Waals surface area contributed by atoms with Crippen molar-refractivity contribution in [1.82, 2.24) is 19.3 Å². The van der Waals surface area contributed by atoms with Gasteiger partial charge in [-0.15, -0.1) is 11.3 Å². The van der Waals surface area contributed by atoms with E-state index in [-0.39, 0.29) is 0 Å². The van der Waals surface area contributed by atoms with Crippen LogP contribution in [0, 0.1) is 6.92 Å². The Morgan fingerprint density at radius 1 is 1.40 bits per heavy atom. The predicted molar refractivity (Wildman–Crippen MR) is 83.3 cm³/mol. The summed E-state index contributed by atoms with van der Waals surface area (Å²) in [4.78, 5) is 4.31. The Labute approximate surface area is 125 Å². The van der Waals surface area contributed by atoms with Crippen LogP contribution in [0.3, 0.4) is 0 Å². The van der Waals surface area contributed by atoms with Crippen molar-refractivity contribution in [3.05, 3.63) is 16.1 Å². The van der Waals surface area contributed by atoms with E-state index in [4.69, 9.17) is 0 Å². The second-order valence-electron chi connectivity index (χ2n) is 4.56. The van der Waals surface area contributed by atoms with Gasteiger partial charge in [-0.05, 0) is 26.4 Å². The predicted octanol–water partition coefficient (Wildman–Crippen LogP) is 0.760. The molecule has 1 heterocycles. The van der Waals surface area contributed by atoms with E-state index < -0.39 is 10.2 Å². The second-order valence-corrected chi connectivity index (χ2v) is 7.37. The zero-order chi connectivity index (χ0) is 15.0. The molecular weight excluding hydrogens is 296 g/mol. The minimum absolute atomic E-state index is 0.382. The smallest absolute Gasteiger partial charge is 0.279 e. The van der Waals surface area contributed by atoms with Gasteiger partial charge in [0.15, 0.2) is 0 Å². The average Bonchev–Trinajstić information content (AvgIpc) is 2.80. The van der Waals surface area contributed by atoms with Crippen LogP contribution in [0.15, 0.2) is 5.38 Å². The van der Waals surface area contributed by atoms with Crippen LogP contribution in [0.5, 0.6) is 0 Å². The highest BCUT2D eigenvalue weighted by atomic mass is 32.2. The Morgan fingerprint density at radius 2 is 2.15 bits per heavy atom. The molecular formula is C12H24N4O2S2. The molecule has 0 aromatic carbocycles. The monoisotopic (exact) mass is 320 g/mol. The lowest BCUT2D eigenvalue weighted by atomic mass is 10.4. The van der Waals surface area contributed by atoms with Gasteiger partial charge in [-0.2, -0.15) is 12.7 Å². The van der Waals surface area contributed by atoms with Gasteiger partial charge in [0.1, 0.15) is 0 Å².